The van der Waals surface area contributed by atoms with E-state index in [1.54, 1.807) is 20.8 Å². The van der Waals surface area contributed by atoms with E-state index in [0.29, 0.717) is 0 Å². The summed E-state index contributed by atoms with van der Waals surface area (Å²) in [7, 11) is -3.52. The smallest absolute Gasteiger partial charge is 0.332 e. The number of esters is 1. The largest absolute Gasteiger partial charge is 0.461 e. The van der Waals surface area contributed by atoms with Crippen LogP contribution in [0.15, 0.2) is 21.9 Å². The van der Waals surface area contributed by atoms with E-state index in [1.165, 1.54) is 16.8 Å². The molecule has 0 saturated carbocycles. The van der Waals surface area contributed by atoms with Crippen molar-refractivity contribution in [3.05, 3.63) is 33.1 Å². The Balaban J connectivity index is 1.63. The lowest BCUT2D eigenvalue weighted by Gasteiger charge is -2.35. The number of hydrogen-bond acceptors (Lipinski definition) is 9. The van der Waals surface area contributed by atoms with Crippen molar-refractivity contribution >= 4 is 13.6 Å². The van der Waals surface area contributed by atoms with E-state index in [1.807, 2.05) is 0 Å². The number of nitrogens with zero attached hydrogens (tertiary/aromatic N) is 1. The summed E-state index contributed by atoms with van der Waals surface area (Å²) in [5.41, 5.74) is -2.20. The summed E-state index contributed by atoms with van der Waals surface area (Å²) in [5.74, 6) is 1.77. The average Bonchev–Trinajstić information content (AvgIpc) is 2.99. The third-order valence-electron chi connectivity index (χ3n) is 5.41. The number of aromatic amines is 1. The van der Waals surface area contributed by atoms with Crippen molar-refractivity contribution in [2.45, 2.75) is 39.2 Å². The Bertz CT molecular complexity index is 1040. The molecule has 1 N–H and O–H groups in total. The van der Waals surface area contributed by atoms with Gasteiger partial charge in [0.2, 0.25) is 0 Å². The predicted octanol–water partition coefficient (Wildman–Crippen LogP) is 0.898. The predicted molar refractivity (Wildman–Crippen MR) is 112 cm³/mol. The molecule has 5 atom stereocenters. The standard InChI is InChI=1S/C20H27N2O9P/c1-5-20(4)14-12-32(26,28-9-8-27-11-17(24)30-13(2)3)29-10-15(14)31-18(20)22-7-6-16(23)21-19(22)25/h1,6-7,13-15,18H,8-12H2,2-4H3,(H,21,23,25)/t14-,15-,18-,20-,32?/m1/s1. The van der Waals surface area contributed by atoms with Crippen LogP contribution in [0.3, 0.4) is 0 Å². The third-order valence-corrected chi connectivity index (χ3v) is 7.37. The molecule has 1 unspecified atom stereocenters. The Hall–Kier alpha value is -2.22. The lowest BCUT2D eigenvalue weighted by atomic mass is 9.77. The van der Waals surface area contributed by atoms with E-state index < -0.39 is 48.5 Å². The topological polar surface area (TPSA) is 135 Å². The maximum absolute atomic E-state index is 13.1. The SMILES string of the molecule is C#C[C@]1(C)[C@@H]2CP(=O)(OCCOCC(=O)OC(C)C)OC[C@H]2O[C@H]1n1ccc(=O)[nH]c1=O. The summed E-state index contributed by atoms with van der Waals surface area (Å²) in [6.07, 6.45) is 5.50. The van der Waals surface area contributed by atoms with Gasteiger partial charge in [-0.1, -0.05) is 5.92 Å². The molecule has 2 fully saturated rings. The van der Waals surface area contributed by atoms with Gasteiger partial charge >= 0.3 is 19.3 Å². The molecule has 0 radical (unpaired) electrons. The maximum atomic E-state index is 13.1. The molecule has 0 amide bonds. The number of aromatic nitrogens is 2. The highest BCUT2D eigenvalue weighted by Crippen LogP contribution is 2.61. The van der Waals surface area contributed by atoms with Gasteiger partial charge in [-0.3, -0.25) is 18.9 Å². The van der Waals surface area contributed by atoms with Crippen molar-refractivity contribution in [3.63, 3.8) is 0 Å². The molecule has 12 heteroatoms. The minimum atomic E-state index is -3.52. The van der Waals surface area contributed by atoms with Crippen molar-refractivity contribution in [2.24, 2.45) is 11.3 Å². The zero-order valence-corrected chi connectivity index (χ0v) is 19.0. The molecule has 176 valence electrons. The molecular weight excluding hydrogens is 443 g/mol. The van der Waals surface area contributed by atoms with Gasteiger partial charge in [-0.2, -0.15) is 0 Å². The first-order valence-corrected chi connectivity index (χ1v) is 11.9. The van der Waals surface area contributed by atoms with Crippen LogP contribution in [0.4, 0.5) is 0 Å². The maximum Gasteiger partial charge on any atom is 0.332 e. The van der Waals surface area contributed by atoms with Crippen LogP contribution < -0.4 is 11.2 Å². The molecule has 1 aromatic heterocycles. The minimum absolute atomic E-state index is 0.0115. The third kappa shape index (κ3) is 5.22. The molecule has 11 nitrogen and oxygen atoms in total. The van der Waals surface area contributed by atoms with Crippen LogP contribution >= 0.6 is 7.60 Å². The number of ether oxygens (including phenoxy) is 3. The van der Waals surface area contributed by atoms with Crippen LogP contribution in [-0.2, 0) is 32.6 Å². The van der Waals surface area contributed by atoms with Crippen molar-refractivity contribution in [1.29, 1.82) is 0 Å². The molecule has 32 heavy (non-hydrogen) atoms. The van der Waals surface area contributed by atoms with Gasteiger partial charge in [0.1, 0.15) is 6.61 Å². The first-order chi connectivity index (χ1) is 15.1. The van der Waals surface area contributed by atoms with Gasteiger partial charge < -0.3 is 23.3 Å². The van der Waals surface area contributed by atoms with Crippen LogP contribution in [-0.4, -0.2) is 60.3 Å². The van der Waals surface area contributed by atoms with Crippen LogP contribution in [0.5, 0.6) is 0 Å². The lowest BCUT2D eigenvalue weighted by molar-refractivity contribution is -0.152. The van der Waals surface area contributed by atoms with Crippen LogP contribution in [0.1, 0.15) is 27.0 Å². The second-order valence-corrected chi connectivity index (χ2v) is 10.2. The lowest BCUT2D eigenvalue weighted by Crippen LogP contribution is -2.40. The second kappa shape index (κ2) is 9.73. The van der Waals surface area contributed by atoms with Crippen molar-refractivity contribution in [3.8, 4) is 12.3 Å². The first kappa shape index (κ1) is 24.4. The normalized spacial score (nSPS) is 31.8. The quantitative estimate of drug-likeness (QED) is 0.254. The van der Waals surface area contributed by atoms with Gasteiger partial charge in [-0.25, -0.2) is 9.59 Å². The highest BCUT2D eigenvalue weighted by Gasteiger charge is 2.58. The number of H-pyrrole nitrogens is 1. The number of rotatable bonds is 8. The van der Waals surface area contributed by atoms with E-state index in [9.17, 15) is 18.9 Å². The minimum Gasteiger partial charge on any atom is -0.461 e. The fraction of sp³-hybridized carbons (Fsp3) is 0.650. The summed E-state index contributed by atoms with van der Waals surface area (Å²) >= 11 is 0. The zero-order chi connectivity index (χ0) is 23.5. The van der Waals surface area contributed by atoms with Gasteiger partial charge in [-0.05, 0) is 20.8 Å². The molecule has 0 aromatic carbocycles. The van der Waals surface area contributed by atoms with E-state index in [0.717, 1.165) is 0 Å². The molecule has 0 aliphatic carbocycles. The summed E-state index contributed by atoms with van der Waals surface area (Å²) in [6.45, 7) is 4.89. The number of nitrogens with one attached hydrogen (secondary N) is 1. The summed E-state index contributed by atoms with van der Waals surface area (Å²) in [5, 5.41) is 0. The Morgan fingerprint density at radius 2 is 2.19 bits per heavy atom. The number of terminal acetylenes is 1. The number of carbonyl (C=O) groups excluding carboxylic acids is 1. The zero-order valence-electron chi connectivity index (χ0n) is 18.1. The van der Waals surface area contributed by atoms with Gasteiger partial charge in [0.05, 0.1) is 43.6 Å². The van der Waals surface area contributed by atoms with Crippen molar-refractivity contribution < 1.29 is 32.6 Å². The van der Waals surface area contributed by atoms with Crippen LogP contribution in [0.2, 0.25) is 0 Å². The second-order valence-electron chi connectivity index (χ2n) is 8.09. The van der Waals surface area contributed by atoms with E-state index in [4.69, 9.17) is 29.7 Å². The van der Waals surface area contributed by atoms with Crippen LogP contribution in [0, 0.1) is 23.7 Å². The molecular formula is C20H27N2O9P. The van der Waals surface area contributed by atoms with Crippen molar-refractivity contribution in [2.75, 3.05) is 32.6 Å². The van der Waals surface area contributed by atoms with E-state index in [2.05, 4.69) is 10.9 Å². The Morgan fingerprint density at radius 3 is 2.84 bits per heavy atom. The molecule has 2 saturated heterocycles. The monoisotopic (exact) mass is 470 g/mol. The molecule has 0 bridgehead atoms. The van der Waals surface area contributed by atoms with Gasteiger partial charge in [-0.15, -0.1) is 6.42 Å². The Labute approximate surface area is 184 Å². The Morgan fingerprint density at radius 1 is 1.44 bits per heavy atom. The fourth-order valence-corrected chi connectivity index (χ4v) is 5.95. The van der Waals surface area contributed by atoms with E-state index >= 15 is 0 Å². The van der Waals surface area contributed by atoms with Crippen LogP contribution in [0.25, 0.3) is 0 Å². The molecule has 1 aromatic rings. The molecule has 3 heterocycles. The molecule has 2 aliphatic heterocycles. The number of carbonyl (C=O) groups is 1. The summed E-state index contributed by atoms with van der Waals surface area (Å²) < 4.78 is 41.4. The number of hydrogen-bond donors (Lipinski definition) is 1. The van der Waals surface area contributed by atoms with Gasteiger partial charge in [0.15, 0.2) is 6.23 Å². The summed E-state index contributed by atoms with van der Waals surface area (Å²) in [6, 6.07) is 1.20. The highest BCUT2D eigenvalue weighted by atomic mass is 31.2. The number of fused-ring (bicyclic) bond motifs is 1. The average molecular weight is 470 g/mol. The highest BCUT2D eigenvalue weighted by molar-refractivity contribution is 7.53. The fourth-order valence-electron chi connectivity index (χ4n) is 3.84. The van der Waals surface area contributed by atoms with Crippen molar-refractivity contribution in [1.82, 2.24) is 9.55 Å². The molecule has 2 aliphatic rings. The Kier molecular flexibility index (Phi) is 7.43. The van der Waals surface area contributed by atoms with Gasteiger partial charge in [0, 0.05) is 18.2 Å². The summed E-state index contributed by atoms with van der Waals surface area (Å²) in [4.78, 5) is 37.3. The first-order valence-electron chi connectivity index (χ1n) is 10.2. The molecule has 3 rings (SSSR count). The molecule has 0 spiro atoms. The van der Waals surface area contributed by atoms with E-state index in [-0.39, 0.29) is 38.7 Å². The van der Waals surface area contributed by atoms with Gasteiger partial charge in [0.25, 0.3) is 5.56 Å².